The third-order valence-electron chi connectivity index (χ3n) is 1.72. The average Bonchev–Trinajstić information content (AvgIpc) is 2.03. The molecule has 0 spiro atoms. The first-order chi connectivity index (χ1) is 6.13. The molecule has 0 saturated heterocycles. The zero-order valence-corrected chi connectivity index (χ0v) is 7.70. The molecule has 2 heteroatoms. The van der Waals surface area contributed by atoms with E-state index in [2.05, 4.69) is 0 Å². The average molecular weight is 173 g/mol. The standard InChI is InChI=1S/C11H11NO/c1-8-5-9(2)7-10(6-8)11(13)3-4-12/h3,5-7,13H,1-2H3/b11-3-. The Hall–Kier alpha value is -1.75. The normalized spacial score (nSPS) is 11.0. The summed E-state index contributed by atoms with van der Waals surface area (Å²) in [7, 11) is 0. The van der Waals surface area contributed by atoms with Crippen LogP contribution in [0.15, 0.2) is 24.3 Å². The van der Waals surface area contributed by atoms with Crippen molar-refractivity contribution in [2.45, 2.75) is 13.8 Å². The Labute approximate surface area is 77.8 Å². The van der Waals surface area contributed by atoms with Crippen LogP contribution in [0.5, 0.6) is 0 Å². The Morgan fingerprint density at radius 2 is 1.85 bits per heavy atom. The van der Waals surface area contributed by atoms with Crippen LogP contribution < -0.4 is 0 Å². The number of rotatable bonds is 1. The minimum atomic E-state index is 0.0225. The topological polar surface area (TPSA) is 44.0 Å². The molecule has 1 rings (SSSR count). The van der Waals surface area contributed by atoms with Crippen molar-refractivity contribution < 1.29 is 5.11 Å². The molecule has 0 aliphatic carbocycles. The number of hydrogen-bond donors (Lipinski definition) is 1. The summed E-state index contributed by atoms with van der Waals surface area (Å²) in [5.41, 5.74) is 2.85. The molecule has 1 aromatic carbocycles. The molecule has 0 saturated carbocycles. The van der Waals surface area contributed by atoms with Gasteiger partial charge < -0.3 is 5.11 Å². The molecule has 0 aromatic heterocycles. The number of nitriles is 1. The van der Waals surface area contributed by atoms with E-state index in [1.165, 1.54) is 0 Å². The first-order valence-corrected chi connectivity index (χ1v) is 4.01. The first kappa shape index (κ1) is 9.34. The van der Waals surface area contributed by atoms with Gasteiger partial charge in [0.2, 0.25) is 0 Å². The molecular formula is C11H11NO. The van der Waals surface area contributed by atoms with Crippen LogP contribution in [0.4, 0.5) is 0 Å². The third-order valence-corrected chi connectivity index (χ3v) is 1.72. The molecule has 1 aromatic rings. The fraction of sp³-hybridized carbons (Fsp3) is 0.182. The number of benzene rings is 1. The van der Waals surface area contributed by atoms with Crippen molar-refractivity contribution in [3.05, 3.63) is 41.0 Å². The molecule has 0 atom stereocenters. The number of aliphatic hydroxyl groups is 1. The summed E-state index contributed by atoms with van der Waals surface area (Å²) in [5, 5.41) is 17.8. The van der Waals surface area contributed by atoms with Crippen LogP contribution in [-0.2, 0) is 0 Å². The monoisotopic (exact) mass is 173 g/mol. The lowest BCUT2D eigenvalue weighted by atomic mass is 10.1. The van der Waals surface area contributed by atoms with Gasteiger partial charge in [0, 0.05) is 5.56 Å². The van der Waals surface area contributed by atoms with Crippen molar-refractivity contribution in [3.8, 4) is 6.07 Å². The zero-order valence-electron chi connectivity index (χ0n) is 7.70. The summed E-state index contributed by atoms with van der Waals surface area (Å²) in [6, 6.07) is 7.50. The fourth-order valence-electron chi connectivity index (χ4n) is 1.27. The van der Waals surface area contributed by atoms with Crippen LogP contribution in [0, 0.1) is 25.2 Å². The van der Waals surface area contributed by atoms with Gasteiger partial charge in [0.05, 0.1) is 12.1 Å². The Morgan fingerprint density at radius 3 is 2.31 bits per heavy atom. The van der Waals surface area contributed by atoms with Crippen molar-refractivity contribution in [2.75, 3.05) is 0 Å². The number of aryl methyl sites for hydroxylation is 2. The predicted molar refractivity (Wildman–Crippen MR) is 52.1 cm³/mol. The lowest BCUT2D eigenvalue weighted by molar-refractivity contribution is 0.512. The molecule has 0 fully saturated rings. The lowest BCUT2D eigenvalue weighted by Crippen LogP contribution is -1.86. The molecule has 1 N–H and O–H groups in total. The summed E-state index contributed by atoms with van der Waals surface area (Å²) in [5.74, 6) is 0.0225. The Balaban J connectivity index is 3.17. The predicted octanol–water partition coefficient (Wildman–Crippen LogP) is 2.73. The molecular weight excluding hydrogens is 162 g/mol. The first-order valence-electron chi connectivity index (χ1n) is 4.01. The van der Waals surface area contributed by atoms with E-state index in [1.807, 2.05) is 32.0 Å². The van der Waals surface area contributed by atoms with Gasteiger partial charge in [0.15, 0.2) is 0 Å². The lowest BCUT2D eigenvalue weighted by Gasteiger charge is -2.02. The van der Waals surface area contributed by atoms with Gasteiger partial charge in [-0.3, -0.25) is 0 Å². The highest BCUT2D eigenvalue weighted by Crippen LogP contribution is 2.15. The van der Waals surface area contributed by atoms with Crippen LogP contribution in [0.1, 0.15) is 16.7 Å². The SMILES string of the molecule is Cc1cc(C)cc(/C(O)=C/C#N)c1. The molecule has 0 unspecified atom stereocenters. The van der Waals surface area contributed by atoms with Crippen LogP contribution in [-0.4, -0.2) is 5.11 Å². The number of nitrogens with zero attached hydrogens (tertiary/aromatic N) is 1. The summed E-state index contributed by atoms with van der Waals surface area (Å²) in [6.07, 6.45) is 1.13. The molecule has 0 aliphatic heterocycles. The van der Waals surface area contributed by atoms with E-state index in [-0.39, 0.29) is 5.76 Å². The number of allylic oxidation sites excluding steroid dienone is 1. The van der Waals surface area contributed by atoms with Crippen LogP contribution in [0.3, 0.4) is 0 Å². The molecule has 0 amide bonds. The molecule has 0 aliphatic rings. The van der Waals surface area contributed by atoms with Gasteiger partial charge in [-0.25, -0.2) is 0 Å². The van der Waals surface area contributed by atoms with E-state index in [1.54, 1.807) is 6.07 Å². The summed E-state index contributed by atoms with van der Waals surface area (Å²) < 4.78 is 0. The van der Waals surface area contributed by atoms with E-state index >= 15 is 0 Å². The maximum atomic E-state index is 9.41. The van der Waals surface area contributed by atoms with E-state index in [4.69, 9.17) is 5.26 Å². The van der Waals surface area contributed by atoms with E-state index in [9.17, 15) is 5.11 Å². The van der Waals surface area contributed by atoms with E-state index in [0.29, 0.717) is 5.56 Å². The maximum absolute atomic E-state index is 9.41. The Morgan fingerprint density at radius 1 is 1.31 bits per heavy atom. The molecule has 0 heterocycles. The van der Waals surface area contributed by atoms with Crippen LogP contribution in [0.2, 0.25) is 0 Å². The summed E-state index contributed by atoms with van der Waals surface area (Å²) in [6.45, 7) is 3.91. The van der Waals surface area contributed by atoms with Crippen molar-refractivity contribution >= 4 is 5.76 Å². The van der Waals surface area contributed by atoms with Gasteiger partial charge in [-0.2, -0.15) is 5.26 Å². The highest BCUT2D eigenvalue weighted by molar-refractivity contribution is 5.61. The largest absolute Gasteiger partial charge is 0.507 e. The fourth-order valence-corrected chi connectivity index (χ4v) is 1.27. The van der Waals surface area contributed by atoms with Crippen LogP contribution in [0.25, 0.3) is 5.76 Å². The van der Waals surface area contributed by atoms with Gasteiger partial charge in [0.1, 0.15) is 5.76 Å². The molecule has 0 bridgehead atoms. The molecule has 66 valence electrons. The maximum Gasteiger partial charge on any atom is 0.133 e. The highest BCUT2D eigenvalue weighted by Gasteiger charge is 1.99. The number of aliphatic hydroxyl groups excluding tert-OH is 1. The van der Waals surface area contributed by atoms with Gasteiger partial charge >= 0.3 is 0 Å². The van der Waals surface area contributed by atoms with Gasteiger partial charge in [-0.1, -0.05) is 17.2 Å². The minimum Gasteiger partial charge on any atom is -0.507 e. The van der Waals surface area contributed by atoms with Crippen LogP contribution >= 0.6 is 0 Å². The molecule has 13 heavy (non-hydrogen) atoms. The second-order valence-corrected chi connectivity index (χ2v) is 3.04. The van der Waals surface area contributed by atoms with Gasteiger partial charge in [-0.05, 0) is 26.0 Å². The van der Waals surface area contributed by atoms with Crippen molar-refractivity contribution in [1.82, 2.24) is 0 Å². The Kier molecular flexibility index (Phi) is 2.71. The highest BCUT2D eigenvalue weighted by atomic mass is 16.3. The van der Waals surface area contributed by atoms with Crippen molar-refractivity contribution in [3.63, 3.8) is 0 Å². The van der Waals surface area contributed by atoms with Gasteiger partial charge in [0.25, 0.3) is 0 Å². The van der Waals surface area contributed by atoms with Crippen molar-refractivity contribution in [1.29, 1.82) is 5.26 Å². The second kappa shape index (κ2) is 3.77. The quantitative estimate of drug-likeness (QED) is 0.524. The minimum absolute atomic E-state index is 0.0225. The Bertz CT molecular complexity index is 365. The molecule has 2 nitrogen and oxygen atoms in total. The van der Waals surface area contributed by atoms with Gasteiger partial charge in [-0.15, -0.1) is 0 Å². The zero-order chi connectivity index (χ0) is 9.84. The van der Waals surface area contributed by atoms with Crippen molar-refractivity contribution in [2.24, 2.45) is 0 Å². The second-order valence-electron chi connectivity index (χ2n) is 3.04. The molecule has 0 radical (unpaired) electrons. The third kappa shape index (κ3) is 2.34. The van der Waals surface area contributed by atoms with E-state index in [0.717, 1.165) is 17.2 Å². The van der Waals surface area contributed by atoms with E-state index < -0.39 is 0 Å². The smallest absolute Gasteiger partial charge is 0.133 e. The summed E-state index contributed by atoms with van der Waals surface area (Å²) in [4.78, 5) is 0. The summed E-state index contributed by atoms with van der Waals surface area (Å²) >= 11 is 0. The number of hydrogen-bond acceptors (Lipinski definition) is 2.